The van der Waals surface area contributed by atoms with Gasteiger partial charge in [0.25, 0.3) is 0 Å². The number of hydrogen-bond donors (Lipinski definition) is 2. The SMILES string of the molecule is CCNC(=NCc1ccccc1-n1nc(C)cc1C)NCCCN(CC)CC. The van der Waals surface area contributed by atoms with Crippen LogP contribution in [0.2, 0.25) is 0 Å². The molecular formula is C22H36N6. The van der Waals surface area contributed by atoms with Crippen LogP contribution in [0.1, 0.15) is 44.1 Å². The number of aromatic nitrogens is 2. The summed E-state index contributed by atoms with van der Waals surface area (Å²) in [6.45, 7) is 16.3. The Hall–Kier alpha value is -2.34. The van der Waals surface area contributed by atoms with Gasteiger partial charge in [-0.15, -0.1) is 0 Å². The summed E-state index contributed by atoms with van der Waals surface area (Å²) < 4.78 is 2.00. The minimum Gasteiger partial charge on any atom is -0.357 e. The number of nitrogens with zero attached hydrogens (tertiary/aromatic N) is 4. The lowest BCUT2D eigenvalue weighted by Gasteiger charge is -2.18. The van der Waals surface area contributed by atoms with E-state index in [4.69, 9.17) is 4.99 Å². The van der Waals surface area contributed by atoms with Gasteiger partial charge < -0.3 is 15.5 Å². The van der Waals surface area contributed by atoms with Crippen LogP contribution >= 0.6 is 0 Å². The Morgan fingerprint density at radius 2 is 1.86 bits per heavy atom. The fraction of sp³-hybridized carbons (Fsp3) is 0.545. The quantitative estimate of drug-likeness (QED) is 0.375. The van der Waals surface area contributed by atoms with Crippen molar-refractivity contribution in [3.05, 3.63) is 47.3 Å². The largest absolute Gasteiger partial charge is 0.357 e. The molecule has 6 nitrogen and oxygen atoms in total. The van der Waals surface area contributed by atoms with E-state index in [9.17, 15) is 0 Å². The van der Waals surface area contributed by atoms with E-state index in [1.807, 2.05) is 11.6 Å². The van der Waals surface area contributed by atoms with Gasteiger partial charge in [0.1, 0.15) is 0 Å². The van der Waals surface area contributed by atoms with Crippen molar-refractivity contribution >= 4 is 5.96 Å². The van der Waals surface area contributed by atoms with E-state index in [1.165, 1.54) is 0 Å². The molecule has 2 rings (SSSR count). The Kier molecular flexibility index (Phi) is 9.01. The van der Waals surface area contributed by atoms with Crippen LogP contribution in [-0.4, -0.2) is 53.4 Å². The van der Waals surface area contributed by atoms with Gasteiger partial charge >= 0.3 is 0 Å². The molecule has 2 N–H and O–H groups in total. The highest BCUT2D eigenvalue weighted by Crippen LogP contribution is 2.17. The summed E-state index contributed by atoms with van der Waals surface area (Å²) in [6, 6.07) is 10.4. The first-order valence-corrected chi connectivity index (χ1v) is 10.4. The highest BCUT2D eigenvalue weighted by molar-refractivity contribution is 5.79. The molecular weight excluding hydrogens is 348 g/mol. The summed E-state index contributed by atoms with van der Waals surface area (Å²) in [6.07, 6.45) is 1.11. The van der Waals surface area contributed by atoms with Gasteiger partial charge in [-0.05, 0) is 64.5 Å². The summed E-state index contributed by atoms with van der Waals surface area (Å²) >= 11 is 0. The Bertz CT molecular complexity index is 745. The molecule has 1 heterocycles. The predicted octanol–water partition coefficient (Wildman–Crippen LogP) is 3.28. The summed E-state index contributed by atoms with van der Waals surface area (Å²) in [7, 11) is 0. The van der Waals surface area contributed by atoms with Crippen LogP contribution in [0.4, 0.5) is 0 Å². The molecule has 1 aromatic heterocycles. The van der Waals surface area contributed by atoms with Gasteiger partial charge in [-0.1, -0.05) is 32.0 Å². The van der Waals surface area contributed by atoms with Crippen molar-refractivity contribution in [3.8, 4) is 5.69 Å². The van der Waals surface area contributed by atoms with E-state index in [0.717, 1.165) is 67.7 Å². The molecule has 0 bridgehead atoms. The molecule has 2 aromatic rings. The first-order chi connectivity index (χ1) is 13.6. The lowest BCUT2D eigenvalue weighted by Crippen LogP contribution is -2.38. The van der Waals surface area contributed by atoms with E-state index >= 15 is 0 Å². The van der Waals surface area contributed by atoms with Crippen molar-refractivity contribution in [2.45, 2.75) is 47.6 Å². The molecule has 0 saturated heterocycles. The van der Waals surface area contributed by atoms with E-state index in [-0.39, 0.29) is 0 Å². The highest BCUT2D eigenvalue weighted by Gasteiger charge is 2.08. The van der Waals surface area contributed by atoms with Gasteiger partial charge in [-0.2, -0.15) is 5.10 Å². The normalized spacial score (nSPS) is 11.9. The van der Waals surface area contributed by atoms with Crippen LogP contribution in [-0.2, 0) is 6.54 Å². The fourth-order valence-electron chi connectivity index (χ4n) is 3.28. The number of para-hydroxylation sites is 1. The molecule has 154 valence electrons. The van der Waals surface area contributed by atoms with Crippen LogP contribution in [0, 0.1) is 13.8 Å². The van der Waals surface area contributed by atoms with Gasteiger partial charge in [0, 0.05) is 18.8 Å². The molecule has 0 aliphatic carbocycles. The van der Waals surface area contributed by atoms with Gasteiger partial charge in [0.15, 0.2) is 5.96 Å². The third kappa shape index (κ3) is 6.37. The number of aliphatic imine (C=N–C) groups is 1. The zero-order valence-electron chi connectivity index (χ0n) is 18.1. The Morgan fingerprint density at radius 3 is 2.50 bits per heavy atom. The topological polar surface area (TPSA) is 57.5 Å². The van der Waals surface area contributed by atoms with Gasteiger partial charge in [-0.25, -0.2) is 9.67 Å². The van der Waals surface area contributed by atoms with Crippen molar-refractivity contribution in [3.63, 3.8) is 0 Å². The second kappa shape index (κ2) is 11.5. The van der Waals surface area contributed by atoms with Crippen molar-refractivity contribution < 1.29 is 0 Å². The summed E-state index contributed by atoms with van der Waals surface area (Å²) in [5.41, 5.74) is 4.41. The number of rotatable bonds is 10. The number of aryl methyl sites for hydroxylation is 2. The fourth-order valence-corrected chi connectivity index (χ4v) is 3.28. The minimum atomic E-state index is 0.611. The summed E-state index contributed by atoms with van der Waals surface area (Å²) in [4.78, 5) is 7.24. The van der Waals surface area contributed by atoms with Crippen LogP contribution in [0.5, 0.6) is 0 Å². The summed E-state index contributed by atoms with van der Waals surface area (Å²) in [5, 5.41) is 11.4. The first kappa shape index (κ1) is 22.0. The Labute approximate surface area is 170 Å². The first-order valence-electron chi connectivity index (χ1n) is 10.4. The maximum atomic E-state index is 4.80. The average Bonchev–Trinajstić information content (AvgIpc) is 3.04. The van der Waals surface area contributed by atoms with Crippen LogP contribution in [0.3, 0.4) is 0 Å². The average molecular weight is 385 g/mol. The molecule has 0 atom stereocenters. The van der Waals surface area contributed by atoms with E-state index in [1.54, 1.807) is 0 Å². The third-order valence-electron chi connectivity index (χ3n) is 4.82. The lowest BCUT2D eigenvalue weighted by molar-refractivity contribution is 0.300. The molecule has 1 aromatic carbocycles. The molecule has 0 aliphatic heterocycles. The zero-order chi connectivity index (χ0) is 20.4. The van der Waals surface area contributed by atoms with Crippen molar-refractivity contribution in [2.24, 2.45) is 4.99 Å². The maximum Gasteiger partial charge on any atom is 0.191 e. The number of hydrogen-bond acceptors (Lipinski definition) is 3. The number of nitrogens with one attached hydrogen (secondary N) is 2. The number of benzene rings is 1. The molecule has 0 aliphatic rings. The molecule has 28 heavy (non-hydrogen) atoms. The van der Waals surface area contributed by atoms with Crippen LogP contribution in [0.15, 0.2) is 35.3 Å². The van der Waals surface area contributed by atoms with Crippen molar-refractivity contribution in [1.29, 1.82) is 0 Å². The lowest BCUT2D eigenvalue weighted by atomic mass is 10.2. The molecule has 0 spiro atoms. The van der Waals surface area contributed by atoms with Crippen molar-refractivity contribution in [1.82, 2.24) is 25.3 Å². The minimum absolute atomic E-state index is 0.611. The second-order valence-electron chi connectivity index (χ2n) is 6.97. The zero-order valence-corrected chi connectivity index (χ0v) is 18.1. The van der Waals surface area contributed by atoms with E-state index < -0.39 is 0 Å². The Balaban J connectivity index is 2.04. The monoisotopic (exact) mass is 384 g/mol. The van der Waals surface area contributed by atoms with Crippen LogP contribution < -0.4 is 10.6 Å². The molecule has 0 unspecified atom stereocenters. The van der Waals surface area contributed by atoms with E-state index in [0.29, 0.717) is 6.54 Å². The Morgan fingerprint density at radius 1 is 1.11 bits per heavy atom. The molecule has 0 fully saturated rings. The number of guanidine groups is 1. The van der Waals surface area contributed by atoms with Gasteiger partial charge in [-0.3, -0.25) is 0 Å². The maximum absolute atomic E-state index is 4.80. The highest BCUT2D eigenvalue weighted by atomic mass is 15.3. The third-order valence-corrected chi connectivity index (χ3v) is 4.82. The summed E-state index contributed by atoms with van der Waals surface area (Å²) in [5.74, 6) is 0.866. The van der Waals surface area contributed by atoms with Crippen molar-refractivity contribution in [2.75, 3.05) is 32.7 Å². The van der Waals surface area contributed by atoms with Gasteiger partial charge in [0.2, 0.25) is 0 Å². The molecule has 6 heteroatoms. The molecule has 0 amide bonds. The van der Waals surface area contributed by atoms with E-state index in [2.05, 4.69) is 78.7 Å². The smallest absolute Gasteiger partial charge is 0.191 e. The standard InChI is InChI=1S/C22H36N6/c1-6-23-22(24-14-11-15-27(7-2)8-3)25-17-20-12-9-10-13-21(20)28-19(5)16-18(4)26-28/h9-10,12-13,16H,6-8,11,14-15,17H2,1-5H3,(H2,23,24,25). The molecule has 0 saturated carbocycles. The van der Waals surface area contributed by atoms with Gasteiger partial charge in [0.05, 0.1) is 17.9 Å². The predicted molar refractivity (Wildman–Crippen MR) is 118 cm³/mol. The van der Waals surface area contributed by atoms with Crippen LogP contribution in [0.25, 0.3) is 5.69 Å². The second-order valence-corrected chi connectivity index (χ2v) is 6.97. The molecule has 0 radical (unpaired) electrons.